The molecule has 0 radical (unpaired) electrons. The van der Waals surface area contributed by atoms with Gasteiger partial charge in [-0.1, -0.05) is 12.1 Å². The average Bonchev–Trinajstić information content (AvgIpc) is 2.69. The largest absolute Gasteiger partial charge is 0.483 e. The third-order valence-corrected chi connectivity index (χ3v) is 5.18. The van der Waals surface area contributed by atoms with Gasteiger partial charge in [0.05, 0.1) is 0 Å². The maximum Gasteiger partial charge on any atom is 0.260 e. The number of hydrogen-bond donors (Lipinski definition) is 0. The normalized spacial score (nSPS) is 14.2. The summed E-state index contributed by atoms with van der Waals surface area (Å²) in [6, 6.07) is 13.5. The first-order valence-electron chi connectivity index (χ1n) is 9.28. The summed E-state index contributed by atoms with van der Waals surface area (Å²) in [5.74, 6) is 0.857. The molecule has 1 fully saturated rings. The number of ketones is 1. The van der Waals surface area contributed by atoms with Crippen LogP contribution in [-0.2, 0) is 4.79 Å². The second-order valence-corrected chi connectivity index (χ2v) is 6.96. The van der Waals surface area contributed by atoms with Gasteiger partial charge in [-0.05, 0) is 62.2 Å². The predicted molar refractivity (Wildman–Crippen MR) is 107 cm³/mol. The molecule has 0 atom stereocenters. The second-order valence-electron chi connectivity index (χ2n) is 6.96. The standard InChI is InChI=1S/C22H26N2O3/c1-16-5-4-6-21(17(16)2)27-15-22(26)24-13-11-23(12-14-24)20-9-7-19(8-10-20)18(3)25/h4-10H,11-15H2,1-3H3. The van der Waals surface area contributed by atoms with Crippen molar-refractivity contribution in [3.05, 3.63) is 59.2 Å². The molecule has 1 saturated heterocycles. The molecule has 0 bridgehead atoms. The Bertz CT molecular complexity index is 822. The Morgan fingerprint density at radius 3 is 2.26 bits per heavy atom. The predicted octanol–water partition coefficient (Wildman–Crippen LogP) is 3.23. The molecule has 0 aromatic heterocycles. The smallest absolute Gasteiger partial charge is 0.260 e. The fourth-order valence-electron chi connectivity index (χ4n) is 3.23. The summed E-state index contributed by atoms with van der Waals surface area (Å²) >= 11 is 0. The average molecular weight is 366 g/mol. The molecule has 1 aliphatic heterocycles. The fourth-order valence-corrected chi connectivity index (χ4v) is 3.23. The number of rotatable bonds is 5. The third kappa shape index (κ3) is 4.48. The van der Waals surface area contributed by atoms with E-state index in [1.165, 1.54) is 0 Å². The lowest BCUT2D eigenvalue weighted by Crippen LogP contribution is -2.50. The summed E-state index contributed by atoms with van der Waals surface area (Å²) in [5, 5.41) is 0. The van der Waals surface area contributed by atoms with E-state index in [-0.39, 0.29) is 18.3 Å². The number of aryl methyl sites for hydroxylation is 1. The van der Waals surface area contributed by atoms with E-state index in [0.29, 0.717) is 13.1 Å². The molecule has 1 aliphatic rings. The minimum atomic E-state index is 0.0162. The highest BCUT2D eigenvalue weighted by Gasteiger charge is 2.22. The number of carbonyl (C=O) groups excluding carboxylic acids is 2. The Morgan fingerprint density at radius 1 is 0.963 bits per heavy atom. The van der Waals surface area contributed by atoms with Crippen molar-refractivity contribution in [3.8, 4) is 5.75 Å². The Labute approximate surface area is 160 Å². The zero-order chi connectivity index (χ0) is 19.4. The van der Waals surface area contributed by atoms with E-state index in [2.05, 4.69) is 4.90 Å². The molecule has 2 aromatic carbocycles. The van der Waals surface area contributed by atoms with E-state index in [1.54, 1.807) is 6.92 Å². The molecule has 142 valence electrons. The molecule has 3 rings (SSSR count). The Morgan fingerprint density at radius 2 is 1.63 bits per heavy atom. The highest BCUT2D eigenvalue weighted by Crippen LogP contribution is 2.21. The van der Waals surface area contributed by atoms with Crippen LogP contribution in [0.2, 0.25) is 0 Å². The fraction of sp³-hybridized carbons (Fsp3) is 0.364. The van der Waals surface area contributed by atoms with Crippen molar-refractivity contribution in [1.29, 1.82) is 0 Å². The topological polar surface area (TPSA) is 49.9 Å². The summed E-state index contributed by atoms with van der Waals surface area (Å²) < 4.78 is 5.74. The first-order chi connectivity index (χ1) is 13.0. The molecular weight excluding hydrogens is 340 g/mol. The van der Waals surface area contributed by atoms with Gasteiger partial charge in [-0.25, -0.2) is 0 Å². The van der Waals surface area contributed by atoms with Crippen molar-refractivity contribution in [2.75, 3.05) is 37.7 Å². The molecule has 0 saturated carbocycles. The quantitative estimate of drug-likeness (QED) is 0.763. The Kier molecular flexibility index (Phi) is 5.79. The number of Topliss-reactive ketones (excluding diaryl/α,β-unsaturated/α-hetero) is 1. The van der Waals surface area contributed by atoms with Crippen molar-refractivity contribution in [1.82, 2.24) is 4.90 Å². The van der Waals surface area contributed by atoms with E-state index in [4.69, 9.17) is 4.74 Å². The number of nitrogens with zero attached hydrogens (tertiary/aromatic N) is 2. The summed E-state index contributed by atoms with van der Waals surface area (Å²) in [5.41, 5.74) is 4.03. The molecule has 27 heavy (non-hydrogen) atoms. The molecule has 5 nitrogen and oxygen atoms in total. The van der Waals surface area contributed by atoms with Gasteiger partial charge in [0.25, 0.3) is 5.91 Å². The van der Waals surface area contributed by atoms with Crippen molar-refractivity contribution < 1.29 is 14.3 Å². The van der Waals surface area contributed by atoms with Gasteiger partial charge in [0, 0.05) is 37.4 Å². The third-order valence-electron chi connectivity index (χ3n) is 5.18. The SMILES string of the molecule is CC(=O)c1ccc(N2CCN(C(=O)COc3cccc(C)c3C)CC2)cc1. The van der Waals surface area contributed by atoms with Crippen LogP contribution < -0.4 is 9.64 Å². The van der Waals surface area contributed by atoms with Crippen LogP contribution in [0.15, 0.2) is 42.5 Å². The molecular formula is C22H26N2O3. The van der Waals surface area contributed by atoms with Gasteiger partial charge in [0.2, 0.25) is 0 Å². The van der Waals surface area contributed by atoms with Crippen molar-refractivity contribution >= 4 is 17.4 Å². The number of piperazine rings is 1. The Balaban J connectivity index is 1.51. The lowest BCUT2D eigenvalue weighted by Gasteiger charge is -2.36. The van der Waals surface area contributed by atoms with Gasteiger partial charge in [-0.2, -0.15) is 0 Å². The molecule has 5 heteroatoms. The van der Waals surface area contributed by atoms with Crippen molar-refractivity contribution in [3.63, 3.8) is 0 Å². The number of hydrogen-bond acceptors (Lipinski definition) is 4. The zero-order valence-corrected chi connectivity index (χ0v) is 16.2. The summed E-state index contributed by atoms with van der Waals surface area (Å²) in [7, 11) is 0. The van der Waals surface area contributed by atoms with Crippen LogP contribution in [-0.4, -0.2) is 49.4 Å². The van der Waals surface area contributed by atoms with E-state index < -0.39 is 0 Å². The van der Waals surface area contributed by atoms with Crippen LogP contribution in [0.4, 0.5) is 5.69 Å². The van der Waals surface area contributed by atoms with Gasteiger partial charge < -0.3 is 14.5 Å². The summed E-state index contributed by atoms with van der Waals surface area (Å²) in [4.78, 5) is 27.9. The number of carbonyl (C=O) groups is 2. The maximum absolute atomic E-state index is 12.5. The molecule has 0 unspecified atom stereocenters. The highest BCUT2D eigenvalue weighted by molar-refractivity contribution is 5.94. The maximum atomic E-state index is 12.5. The van der Waals surface area contributed by atoms with Crippen LogP contribution in [0.1, 0.15) is 28.4 Å². The van der Waals surface area contributed by atoms with Crippen molar-refractivity contribution in [2.45, 2.75) is 20.8 Å². The minimum Gasteiger partial charge on any atom is -0.483 e. The van der Waals surface area contributed by atoms with Gasteiger partial charge in [0.1, 0.15) is 5.75 Å². The highest BCUT2D eigenvalue weighted by atomic mass is 16.5. The monoisotopic (exact) mass is 366 g/mol. The molecule has 0 N–H and O–H groups in total. The molecule has 0 spiro atoms. The second kappa shape index (κ2) is 8.25. The molecule has 1 heterocycles. The molecule has 0 aliphatic carbocycles. The van der Waals surface area contributed by atoms with Crippen LogP contribution in [0, 0.1) is 13.8 Å². The van der Waals surface area contributed by atoms with Crippen LogP contribution in [0.5, 0.6) is 5.75 Å². The van der Waals surface area contributed by atoms with Gasteiger partial charge >= 0.3 is 0 Å². The molecule has 1 amide bonds. The summed E-state index contributed by atoms with van der Waals surface area (Å²) in [6.07, 6.45) is 0. The van der Waals surface area contributed by atoms with Crippen LogP contribution >= 0.6 is 0 Å². The number of anilines is 1. The number of benzene rings is 2. The van der Waals surface area contributed by atoms with Crippen LogP contribution in [0.3, 0.4) is 0 Å². The first-order valence-corrected chi connectivity index (χ1v) is 9.28. The number of ether oxygens (including phenoxy) is 1. The number of amides is 1. The lowest BCUT2D eigenvalue weighted by molar-refractivity contribution is -0.133. The van der Waals surface area contributed by atoms with E-state index >= 15 is 0 Å². The van der Waals surface area contributed by atoms with Gasteiger partial charge in [0.15, 0.2) is 12.4 Å². The van der Waals surface area contributed by atoms with Crippen molar-refractivity contribution in [2.24, 2.45) is 0 Å². The van der Waals surface area contributed by atoms with E-state index in [0.717, 1.165) is 41.2 Å². The van der Waals surface area contributed by atoms with E-state index in [9.17, 15) is 9.59 Å². The van der Waals surface area contributed by atoms with Gasteiger partial charge in [-0.3, -0.25) is 9.59 Å². The lowest BCUT2D eigenvalue weighted by atomic mass is 10.1. The van der Waals surface area contributed by atoms with Gasteiger partial charge in [-0.15, -0.1) is 0 Å². The zero-order valence-electron chi connectivity index (χ0n) is 16.2. The Hall–Kier alpha value is -2.82. The summed E-state index contributed by atoms with van der Waals surface area (Å²) in [6.45, 7) is 8.56. The van der Waals surface area contributed by atoms with Crippen LogP contribution in [0.25, 0.3) is 0 Å². The first kappa shape index (κ1) is 19.0. The molecule has 2 aromatic rings. The minimum absolute atomic E-state index is 0.0162. The van der Waals surface area contributed by atoms with E-state index in [1.807, 2.05) is 61.2 Å².